The summed E-state index contributed by atoms with van der Waals surface area (Å²) >= 11 is 1.00. The van der Waals surface area contributed by atoms with Crippen molar-refractivity contribution in [1.82, 2.24) is 0 Å². The Bertz CT molecular complexity index is 931. The van der Waals surface area contributed by atoms with Crippen LogP contribution in [0.2, 0.25) is 0 Å². The molecule has 6 nitrogen and oxygen atoms in total. The molecule has 3 rings (SSSR count). The molecule has 0 radical (unpaired) electrons. The van der Waals surface area contributed by atoms with Crippen molar-refractivity contribution in [3.63, 3.8) is 0 Å². The van der Waals surface area contributed by atoms with E-state index in [2.05, 4.69) is 4.72 Å². The standard InChI is InChI=1S/C21H23F3N2O4S/c1-29-15-7-9-26(10-8-15)17-5-4-14(21(22,23)24)12-16(17)25-31-19-11-13(20(27)28)3-6-18(19)30-2/h3-6,11-12,15,25H,7-10H2,1-2H3,(H,27,28). The molecule has 1 fully saturated rings. The van der Waals surface area contributed by atoms with E-state index in [0.717, 1.165) is 36.9 Å². The predicted octanol–water partition coefficient (Wildman–Crippen LogP) is 5.15. The summed E-state index contributed by atoms with van der Waals surface area (Å²) in [6, 6.07) is 7.92. The zero-order valence-corrected chi connectivity index (χ0v) is 17.8. The van der Waals surface area contributed by atoms with Crippen molar-refractivity contribution in [3.8, 4) is 5.75 Å². The molecular formula is C21H23F3N2O4S. The SMILES string of the molecule is COc1ccc(C(=O)O)cc1SNc1cc(C(F)(F)F)ccc1N1CCC(OC)CC1. The molecule has 0 atom stereocenters. The number of carboxylic acid groups (broad SMARTS) is 1. The van der Waals surface area contributed by atoms with Crippen LogP contribution in [-0.2, 0) is 10.9 Å². The number of carbonyl (C=O) groups is 1. The molecule has 1 saturated heterocycles. The molecular weight excluding hydrogens is 433 g/mol. The summed E-state index contributed by atoms with van der Waals surface area (Å²) in [6.45, 7) is 1.31. The van der Waals surface area contributed by atoms with Gasteiger partial charge in [-0.1, -0.05) is 0 Å². The van der Waals surface area contributed by atoms with Gasteiger partial charge in [0.05, 0.1) is 40.6 Å². The van der Waals surface area contributed by atoms with Gasteiger partial charge < -0.3 is 24.2 Å². The number of methoxy groups -OCH3 is 2. The van der Waals surface area contributed by atoms with E-state index in [0.29, 0.717) is 35.1 Å². The van der Waals surface area contributed by atoms with Crippen LogP contribution >= 0.6 is 11.9 Å². The first kappa shape index (κ1) is 23.1. The number of nitrogens with one attached hydrogen (secondary N) is 1. The molecule has 0 amide bonds. The molecule has 0 saturated carbocycles. The van der Waals surface area contributed by atoms with Gasteiger partial charge in [0.1, 0.15) is 5.75 Å². The Hall–Kier alpha value is -2.59. The van der Waals surface area contributed by atoms with Gasteiger partial charge in [-0.3, -0.25) is 0 Å². The smallest absolute Gasteiger partial charge is 0.416 e. The maximum absolute atomic E-state index is 13.3. The summed E-state index contributed by atoms with van der Waals surface area (Å²) in [5.41, 5.74) is 0.218. The summed E-state index contributed by atoms with van der Waals surface area (Å²) in [4.78, 5) is 13.7. The van der Waals surface area contributed by atoms with Crippen molar-refractivity contribution in [3.05, 3.63) is 47.5 Å². The maximum atomic E-state index is 13.3. The van der Waals surface area contributed by atoms with Crippen LogP contribution in [0.1, 0.15) is 28.8 Å². The van der Waals surface area contributed by atoms with Gasteiger partial charge >= 0.3 is 12.1 Å². The van der Waals surface area contributed by atoms with E-state index in [1.54, 1.807) is 7.11 Å². The van der Waals surface area contributed by atoms with Crippen molar-refractivity contribution >= 4 is 29.3 Å². The van der Waals surface area contributed by atoms with Gasteiger partial charge in [-0.15, -0.1) is 0 Å². The lowest BCUT2D eigenvalue weighted by atomic mass is 10.1. The second-order valence-corrected chi connectivity index (χ2v) is 7.87. The Morgan fingerprint density at radius 3 is 2.45 bits per heavy atom. The number of rotatable bonds is 7. The van der Waals surface area contributed by atoms with Crippen molar-refractivity contribution in [2.45, 2.75) is 30.0 Å². The lowest BCUT2D eigenvalue weighted by Gasteiger charge is -2.34. The minimum absolute atomic E-state index is 0.0519. The molecule has 0 aliphatic carbocycles. The van der Waals surface area contributed by atoms with Gasteiger partial charge in [0.2, 0.25) is 0 Å². The third-order valence-corrected chi connectivity index (χ3v) is 5.98. The van der Waals surface area contributed by atoms with Crippen LogP contribution in [0.3, 0.4) is 0 Å². The normalized spacial score (nSPS) is 15.1. The first-order valence-corrected chi connectivity index (χ1v) is 10.4. The first-order valence-electron chi connectivity index (χ1n) is 9.56. The fraction of sp³-hybridized carbons (Fsp3) is 0.381. The largest absolute Gasteiger partial charge is 0.496 e. The number of alkyl halides is 3. The Morgan fingerprint density at radius 1 is 1.16 bits per heavy atom. The van der Waals surface area contributed by atoms with Crippen molar-refractivity contribution < 1.29 is 32.5 Å². The number of nitrogens with zero attached hydrogens (tertiary/aromatic N) is 1. The molecule has 2 aromatic rings. The van der Waals surface area contributed by atoms with Gasteiger partial charge in [0.25, 0.3) is 0 Å². The van der Waals surface area contributed by atoms with Crippen LogP contribution in [0.25, 0.3) is 0 Å². The lowest BCUT2D eigenvalue weighted by molar-refractivity contribution is -0.137. The molecule has 1 aliphatic heterocycles. The summed E-state index contributed by atoms with van der Waals surface area (Å²) in [5, 5.41) is 9.23. The molecule has 2 aromatic carbocycles. The van der Waals surface area contributed by atoms with Crippen LogP contribution in [-0.4, -0.2) is 44.5 Å². The number of aromatic carboxylic acids is 1. The highest BCUT2D eigenvalue weighted by molar-refractivity contribution is 8.00. The highest BCUT2D eigenvalue weighted by Crippen LogP contribution is 2.39. The molecule has 0 bridgehead atoms. The zero-order valence-electron chi connectivity index (χ0n) is 17.0. The number of hydrogen-bond donors (Lipinski definition) is 2. The maximum Gasteiger partial charge on any atom is 0.416 e. The number of benzene rings is 2. The average molecular weight is 456 g/mol. The molecule has 1 heterocycles. The monoisotopic (exact) mass is 456 g/mol. The van der Waals surface area contributed by atoms with E-state index in [1.165, 1.54) is 31.4 Å². The Morgan fingerprint density at radius 2 is 1.87 bits per heavy atom. The molecule has 10 heteroatoms. The minimum Gasteiger partial charge on any atom is -0.496 e. The van der Waals surface area contributed by atoms with Crippen molar-refractivity contribution in [2.24, 2.45) is 0 Å². The van der Waals surface area contributed by atoms with Crippen LogP contribution in [0.4, 0.5) is 24.5 Å². The fourth-order valence-electron chi connectivity index (χ4n) is 3.40. The molecule has 0 aromatic heterocycles. The minimum atomic E-state index is -4.48. The number of piperidine rings is 1. The number of ether oxygens (including phenoxy) is 2. The summed E-state index contributed by atoms with van der Waals surface area (Å²) in [5.74, 6) is -0.692. The van der Waals surface area contributed by atoms with Crippen LogP contribution in [0.15, 0.2) is 41.3 Å². The quantitative estimate of drug-likeness (QED) is 0.559. The number of halogens is 3. The highest BCUT2D eigenvalue weighted by atomic mass is 32.2. The van der Waals surface area contributed by atoms with Crippen molar-refractivity contribution in [2.75, 3.05) is 36.9 Å². The van der Waals surface area contributed by atoms with Gasteiger partial charge in [-0.2, -0.15) is 13.2 Å². The lowest BCUT2D eigenvalue weighted by Crippen LogP contribution is -2.37. The second kappa shape index (κ2) is 9.69. The molecule has 2 N–H and O–H groups in total. The van der Waals surface area contributed by atoms with Gasteiger partial charge in [-0.25, -0.2) is 4.79 Å². The van der Waals surface area contributed by atoms with E-state index in [9.17, 15) is 23.1 Å². The third-order valence-electron chi connectivity index (χ3n) is 5.12. The average Bonchev–Trinajstić information content (AvgIpc) is 2.76. The summed E-state index contributed by atoms with van der Waals surface area (Å²) in [7, 11) is 3.09. The van der Waals surface area contributed by atoms with Gasteiger partial charge in [0.15, 0.2) is 0 Å². The van der Waals surface area contributed by atoms with E-state index in [-0.39, 0.29) is 11.7 Å². The molecule has 0 spiro atoms. The number of hydrogen-bond acceptors (Lipinski definition) is 6. The Kier molecular flexibility index (Phi) is 7.22. The first-order chi connectivity index (χ1) is 14.7. The second-order valence-electron chi connectivity index (χ2n) is 7.03. The van der Waals surface area contributed by atoms with Crippen LogP contribution in [0, 0.1) is 0 Å². The van der Waals surface area contributed by atoms with Gasteiger partial charge in [-0.05, 0) is 61.2 Å². The van der Waals surface area contributed by atoms with Gasteiger partial charge in [0, 0.05) is 20.2 Å². The molecule has 1 aliphatic rings. The topological polar surface area (TPSA) is 71.0 Å². The van der Waals surface area contributed by atoms with Crippen LogP contribution < -0.4 is 14.4 Å². The highest BCUT2D eigenvalue weighted by Gasteiger charge is 2.32. The summed E-state index contributed by atoms with van der Waals surface area (Å²) in [6.07, 6.45) is -2.79. The fourth-order valence-corrected chi connectivity index (χ4v) is 4.22. The molecule has 31 heavy (non-hydrogen) atoms. The molecule has 0 unspecified atom stereocenters. The van der Waals surface area contributed by atoms with E-state index < -0.39 is 17.7 Å². The Balaban J connectivity index is 1.90. The number of carboxylic acids is 1. The zero-order chi connectivity index (χ0) is 22.6. The van der Waals surface area contributed by atoms with E-state index in [4.69, 9.17) is 9.47 Å². The number of anilines is 2. The van der Waals surface area contributed by atoms with Crippen molar-refractivity contribution in [1.29, 1.82) is 0 Å². The summed E-state index contributed by atoms with van der Waals surface area (Å²) < 4.78 is 53.5. The third kappa shape index (κ3) is 5.56. The molecule has 168 valence electrons. The predicted molar refractivity (Wildman–Crippen MR) is 113 cm³/mol. The van der Waals surface area contributed by atoms with E-state index in [1.807, 2.05) is 4.90 Å². The Labute approximate surface area is 182 Å². The van der Waals surface area contributed by atoms with E-state index >= 15 is 0 Å². The van der Waals surface area contributed by atoms with Crippen LogP contribution in [0.5, 0.6) is 5.75 Å².